The number of para-hydroxylation sites is 1. The highest BCUT2D eigenvalue weighted by atomic mass is 19.1. The van der Waals surface area contributed by atoms with E-state index in [1.807, 2.05) is 0 Å². The van der Waals surface area contributed by atoms with Gasteiger partial charge in [0.1, 0.15) is 5.82 Å². The Balaban J connectivity index is 1.85. The van der Waals surface area contributed by atoms with E-state index in [2.05, 4.69) is 5.32 Å². The summed E-state index contributed by atoms with van der Waals surface area (Å²) < 4.78 is 23.6. The summed E-state index contributed by atoms with van der Waals surface area (Å²) in [4.78, 5) is 23.6. The van der Waals surface area contributed by atoms with Crippen LogP contribution in [0.3, 0.4) is 0 Å². The van der Waals surface area contributed by atoms with Crippen molar-refractivity contribution in [2.45, 2.75) is 12.5 Å². The van der Waals surface area contributed by atoms with Gasteiger partial charge in [0.2, 0.25) is 6.79 Å². The van der Waals surface area contributed by atoms with E-state index >= 15 is 0 Å². The van der Waals surface area contributed by atoms with Crippen molar-refractivity contribution in [3.05, 3.63) is 59.4 Å². The Bertz CT molecular complexity index is 775. The Kier molecular flexibility index (Phi) is 4.33. The zero-order chi connectivity index (χ0) is 17.1. The molecule has 24 heavy (non-hydrogen) atoms. The van der Waals surface area contributed by atoms with Gasteiger partial charge in [-0.3, -0.25) is 9.59 Å². The van der Waals surface area contributed by atoms with Crippen LogP contribution in [0.15, 0.2) is 42.5 Å². The van der Waals surface area contributed by atoms with Crippen molar-refractivity contribution in [3.63, 3.8) is 0 Å². The number of carboxylic acid groups (broad SMARTS) is 1. The molecule has 0 fully saturated rings. The third-order valence-electron chi connectivity index (χ3n) is 3.60. The first kappa shape index (κ1) is 15.8. The second-order valence-corrected chi connectivity index (χ2v) is 5.21. The summed E-state index contributed by atoms with van der Waals surface area (Å²) in [6, 6.07) is 9.40. The van der Waals surface area contributed by atoms with Crippen molar-refractivity contribution in [2.75, 3.05) is 6.79 Å². The Hall–Kier alpha value is -3.09. The van der Waals surface area contributed by atoms with Crippen molar-refractivity contribution in [3.8, 4) is 11.5 Å². The SMILES string of the molecule is O=C(O)CC(NC(=O)c1cccc2c1OCO2)c1ccc(F)cc1. The molecule has 6 nitrogen and oxygen atoms in total. The fourth-order valence-corrected chi connectivity index (χ4v) is 2.47. The molecule has 0 aromatic heterocycles. The lowest BCUT2D eigenvalue weighted by Crippen LogP contribution is -2.30. The van der Waals surface area contributed by atoms with Gasteiger partial charge in [0.05, 0.1) is 18.0 Å². The summed E-state index contributed by atoms with van der Waals surface area (Å²) >= 11 is 0. The Labute approximate surface area is 136 Å². The molecule has 1 aliphatic heterocycles. The first-order valence-electron chi connectivity index (χ1n) is 7.21. The monoisotopic (exact) mass is 331 g/mol. The smallest absolute Gasteiger partial charge is 0.305 e. The van der Waals surface area contributed by atoms with E-state index < -0.39 is 23.7 Å². The Morgan fingerprint density at radius 2 is 1.92 bits per heavy atom. The van der Waals surface area contributed by atoms with Crippen LogP contribution in [-0.2, 0) is 4.79 Å². The molecule has 1 heterocycles. The van der Waals surface area contributed by atoms with Crippen LogP contribution in [0.5, 0.6) is 11.5 Å². The third-order valence-corrected chi connectivity index (χ3v) is 3.60. The molecule has 0 bridgehead atoms. The van der Waals surface area contributed by atoms with Gasteiger partial charge < -0.3 is 19.9 Å². The van der Waals surface area contributed by atoms with E-state index in [1.54, 1.807) is 18.2 Å². The number of halogens is 1. The zero-order valence-corrected chi connectivity index (χ0v) is 12.5. The van der Waals surface area contributed by atoms with E-state index in [4.69, 9.17) is 14.6 Å². The molecule has 124 valence electrons. The van der Waals surface area contributed by atoms with Crippen LogP contribution in [0.4, 0.5) is 4.39 Å². The number of amides is 1. The molecule has 2 aromatic rings. The van der Waals surface area contributed by atoms with Gasteiger partial charge in [-0.2, -0.15) is 0 Å². The van der Waals surface area contributed by atoms with Crippen molar-refractivity contribution in [2.24, 2.45) is 0 Å². The maximum Gasteiger partial charge on any atom is 0.305 e. The van der Waals surface area contributed by atoms with Crippen LogP contribution in [-0.4, -0.2) is 23.8 Å². The molecule has 0 radical (unpaired) electrons. The van der Waals surface area contributed by atoms with E-state index in [9.17, 15) is 14.0 Å². The minimum Gasteiger partial charge on any atom is -0.481 e. The van der Waals surface area contributed by atoms with E-state index in [0.29, 0.717) is 17.1 Å². The number of hydrogen-bond acceptors (Lipinski definition) is 4. The number of carbonyl (C=O) groups excluding carboxylic acids is 1. The molecule has 1 atom stereocenters. The number of nitrogens with one attached hydrogen (secondary N) is 1. The predicted molar refractivity (Wildman–Crippen MR) is 81.4 cm³/mol. The second-order valence-electron chi connectivity index (χ2n) is 5.21. The van der Waals surface area contributed by atoms with Crippen LogP contribution in [0.2, 0.25) is 0 Å². The Morgan fingerprint density at radius 3 is 2.62 bits per heavy atom. The minimum atomic E-state index is -1.08. The number of rotatable bonds is 5. The normalized spacial score (nSPS) is 13.4. The fourth-order valence-electron chi connectivity index (χ4n) is 2.47. The molecule has 2 aromatic carbocycles. The number of benzene rings is 2. The highest BCUT2D eigenvalue weighted by Crippen LogP contribution is 2.35. The average Bonchev–Trinajstić information content (AvgIpc) is 3.03. The highest BCUT2D eigenvalue weighted by Gasteiger charge is 2.25. The average molecular weight is 331 g/mol. The van der Waals surface area contributed by atoms with Gasteiger partial charge in [0, 0.05) is 0 Å². The van der Waals surface area contributed by atoms with Crippen molar-refractivity contribution >= 4 is 11.9 Å². The number of carboxylic acids is 1. The molecule has 0 spiro atoms. The molecular formula is C17H14FNO5. The van der Waals surface area contributed by atoms with E-state index in [0.717, 1.165) is 0 Å². The molecule has 0 aliphatic carbocycles. The zero-order valence-electron chi connectivity index (χ0n) is 12.5. The maximum atomic E-state index is 13.1. The number of carbonyl (C=O) groups is 2. The number of fused-ring (bicyclic) bond motifs is 1. The summed E-state index contributed by atoms with van der Waals surface area (Å²) in [5.41, 5.74) is 0.749. The maximum absolute atomic E-state index is 13.1. The summed E-state index contributed by atoms with van der Waals surface area (Å²) in [6.45, 7) is 0.0240. The molecule has 0 saturated heterocycles. The lowest BCUT2D eigenvalue weighted by molar-refractivity contribution is -0.137. The summed E-state index contributed by atoms with van der Waals surface area (Å²) in [6.07, 6.45) is -0.330. The predicted octanol–water partition coefficient (Wildman–Crippen LogP) is 2.50. The van der Waals surface area contributed by atoms with Gasteiger partial charge >= 0.3 is 5.97 Å². The van der Waals surface area contributed by atoms with Gasteiger partial charge in [0.15, 0.2) is 11.5 Å². The lowest BCUT2D eigenvalue weighted by Gasteiger charge is -2.18. The number of aliphatic carboxylic acids is 1. The molecular weight excluding hydrogens is 317 g/mol. The van der Waals surface area contributed by atoms with Crippen molar-refractivity contribution in [1.29, 1.82) is 0 Å². The topological polar surface area (TPSA) is 84.9 Å². The standard InChI is InChI=1S/C17H14FNO5/c18-11-6-4-10(5-7-11)13(8-15(20)21)19-17(22)12-2-1-3-14-16(12)24-9-23-14/h1-7,13H,8-9H2,(H,19,22)(H,20,21). The highest BCUT2D eigenvalue weighted by molar-refractivity contribution is 5.98. The molecule has 1 unspecified atom stereocenters. The fraction of sp³-hybridized carbons (Fsp3) is 0.176. The van der Waals surface area contributed by atoms with Crippen LogP contribution >= 0.6 is 0 Å². The largest absolute Gasteiger partial charge is 0.481 e. The van der Waals surface area contributed by atoms with Gasteiger partial charge in [-0.25, -0.2) is 4.39 Å². The van der Waals surface area contributed by atoms with Gasteiger partial charge in [-0.15, -0.1) is 0 Å². The van der Waals surface area contributed by atoms with E-state index in [1.165, 1.54) is 24.3 Å². The molecule has 3 rings (SSSR count). The summed E-state index contributed by atoms with van der Waals surface area (Å²) in [5, 5.41) is 11.7. The van der Waals surface area contributed by atoms with Gasteiger partial charge in [0.25, 0.3) is 5.91 Å². The second kappa shape index (κ2) is 6.57. The summed E-state index contributed by atoms with van der Waals surface area (Å²) in [7, 11) is 0. The molecule has 2 N–H and O–H groups in total. The summed E-state index contributed by atoms with van der Waals surface area (Å²) in [5.74, 6) is -1.23. The molecule has 7 heteroatoms. The Morgan fingerprint density at radius 1 is 1.17 bits per heavy atom. The van der Waals surface area contributed by atoms with Crippen LogP contribution < -0.4 is 14.8 Å². The quantitative estimate of drug-likeness (QED) is 0.879. The minimum absolute atomic E-state index is 0.0240. The van der Waals surface area contributed by atoms with Crippen LogP contribution in [0, 0.1) is 5.82 Å². The first-order chi connectivity index (χ1) is 11.5. The van der Waals surface area contributed by atoms with Crippen LogP contribution in [0.1, 0.15) is 28.4 Å². The number of ether oxygens (including phenoxy) is 2. The van der Waals surface area contributed by atoms with Gasteiger partial charge in [-0.1, -0.05) is 18.2 Å². The lowest BCUT2D eigenvalue weighted by atomic mass is 10.0. The van der Waals surface area contributed by atoms with Crippen LogP contribution in [0.25, 0.3) is 0 Å². The van der Waals surface area contributed by atoms with Gasteiger partial charge in [-0.05, 0) is 29.8 Å². The molecule has 1 amide bonds. The van der Waals surface area contributed by atoms with Crippen molar-refractivity contribution < 1.29 is 28.6 Å². The first-order valence-corrected chi connectivity index (χ1v) is 7.21. The van der Waals surface area contributed by atoms with Crippen molar-refractivity contribution in [1.82, 2.24) is 5.32 Å². The molecule has 0 saturated carbocycles. The third kappa shape index (κ3) is 3.29. The number of hydrogen-bond donors (Lipinski definition) is 2. The molecule has 1 aliphatic rings. The van der Waals surface area contributed by atoms with E-state index in [-0.39, 0.29) is 18.8 Å².